The molecule has 13 nitrogen and oxygen atoms in total. The molecular formula is C18H34N6O7. The number of aliphatic carboxylic acids is 1. The Hall–Kier alpha value is -2.77. The van der Waals surface area contributed by atoms with Gasteiger partial charge in [0.1, 0.15) is 12.1 Å². The van der Waals surface area contributed by atoms with Gasteiger partial charge >= 0.3 is 5.97 Å². The quantitative estimate of drug-likeness (QED) is 0.117. The fraction of sp³-hybridized carbons (Fsp3) is 0.722. The highest BCUT2D eigenvalue weighted by atomic mass is 16.4. The maximum absolute atomic E-state index is 12.5. The first kappa shape index (κ1) is 28.2. The molecule has 11 N–H and O–H groups in total. The molecule has 0 saturated heterocycles. The predicted octanol–water partition coefficient (Wildman–Crippen LogP) is -3.35. The molecule has 0 saturated carbocycles. The van der Waals surface area contributed by atoms with Crippen LogP contribution in [0, 0.1) is 0 Å². The molecule has 0 spiro atoms. The predicted molar refractivity (Wildman–Crippen MR) is 110 cm³/mol. The van der Waals surface area contributed by atoms with Gasteiger partial charge in [0.2, 0.25) is 23.6 Å². The lowest BCUT2D eigenvalue weighted by atomic mass is 10.1. The number of unbranched alkanes of at least 4 members (excludes halogenated alkanes) is 1. The molecule has 0 fully saturated rings. The summed E-state index contributed by atoms with van der Waals surface area (Å²) < 4.78 is 0. The first-order chi connectivity index (χ1) is 14.4. The first-order valence-electron chi connectivity index (χ1n) is 9.96. The summed E-state index contributed by atoms with van der Waals surface area (Å²) >= 11 is 0. The number of primary amides is 1. The zero-order valence-corrected chi connectivity index (χ0v) is 17.8. The third-order valence-electron chi connectivity index (χ3n) is 4.42. The van der Waals surface area contributed by atoms with E-state index in [2.05, 4.69) is 16.0 Å². The second-order valence-corrected chi connectivity index (χ2v) is 7.25. The Kier molecular flexibility index (Phi) is 13.0. The van der Waals surface area contributed by atoms with E-state index in [1.54, 1.807) is 0 Å². The van der Waals surface area contributed by atoms with Crippen molar-refractivity contribution < 1.29 is 34.2 Å². The van der Waals surface area contributed by atoms with Crippen LogP contribution in [0.1, 0.15) is 46.0 Å². The fourth-order valence-electron chi connectivity index (χ4n) is 2.52. The summed E-state index contributed by atoms with van der Waals surface area (Å²) in [5, 5.41) is 25.7. The van der Waals surface area contributed by atoms with Crippen LogP contribution in [-0.4, -0.2) is 76.6 Å². The Morgan fingerprint density at radius 3 is 2.00 bits per heavy atom. The average Bonchev–Trinajstić information content (AvgIpc) is 2.68. The van der Waals surface area contributed by atoms with E-state index < -0.39 is 59.9 Å². The van der Waals surface area contributed by atoms with Gasteiger partial charge in [-0.15, -0.1) is 0 Å². The van der Waals surface area contributed by atoms with Crippen molar-refractivity contribution in [2.75, 3.05) is 6.54 Å². The summed E-state index contributed by atoms with van der Waals surface area (Å²) in [4.78, 5) is 59.0. The number of amides is 4. The van der Waals surface area contributed by atoms with Gasteiger partial charge in [-0.2, -0.15) is 0 Å². The lowest BCUT2D eigenvalue weighted by Gasteiger charge is -2.24. The van der Waals surface area contributed by atoms with Gasteiger partial charge in [-0.25, -0.2) is 4.79 Å². The van der Waals surface area contributed by atoms with Gasteiger partial charge in [0, 0.05) is 6.42 Å². The van der Waals surface area contributed by atoms with E-state index in [-0.39, 0.29) is 19.3 Å². The van der Waals surface area contributed by atoms with Crippen LogP contribution < -0.4 is 33.2 Å². The topological polar surface area (TPSA) is 240 Å². The van der Waals surface area contributed by atoms with Gasteiger partial charge in [0.25, 0.3) is 0 Å². The summed E-state index contributed by atoms with van der Waals surface area (Å²) in [5.41, 5.74) is 16.1. The highest BCUT2D eigenvalue weighted by Gasteiger charge is 2.30. The number of carbonyl (C=O) groups is 5. The third kappa shape index (κ3) is 11.3. The zero-order valence-electron chi connectivity index (χ0n) is 17.8. The molecule has 0 aromatic carbocycles. The molecule has 0 heterocycles. The largest absolute Gasteiger partial charge is 0.480 e. The minimum atomic E-state index is -1.55. The van der Waals surface area contributed by atoms with Crippen LogP contribution >= 0.6 is 0 Å². The summed E-state index contributed by atoms with van der Waals surface area (Å²) in [6, 6.07) is -4.78. The van der Waals surface area contributed by atoms with E-state index in [1.165, 1.54) is 13.8 Å². The summed E-state index contributed by atoms with van der Waals surface area (Å²) in [7, 11) is 0. The zero-order chi connectivity index (χ0) is 24.1. The van der Waals surface area contributed by atoms with Crippen LogP contribution in [0.25, 0.3) is 0 Å². The smallest absolute Gasteiger partial charge is 0.328 e. The van der Waals surface area contributed by atoms with Gasteiger partial charge in [0.15, 0.2) is 6.04 Å². The standard InChI is InChI=1S/C18H34N6O7/c1-9(22-16(28)11(20)6-7-13(21)26)15(27)23-12(5-3-4-8-19)17(29)24-14(10(2)25)18(30)31/h9-12,14,25H,3-8,19-20H2,1-2H3,(H2,21,26)(H,22,28)(H,23,27)(H,24,29)(H,30,31). The Bertz CT molecular complexity index is 643. The van der Waals surface area contributed by atoms with Crippen molar-refractivity contribution in [2.24, 2.45) is 17.2 Å². The fourth-order valence-corrected chi connectivity index (χ4v) is 2.52. The van der Waals surface area contributed by atoms with Crippen LogP contribution in [0.15, 0.2) is 0 Å². The minimum Gasteiger partial charge on any atom is -0.480 e. The Balaban J connectivity index is 5.05. The van der Waals surface area contributed by atoms with Crippen molar-refractivity contribution >= 4 is 29.6 Å². The van der Waals surface area contributed by atoms with Crippen molar-refractivity contribution in [3.8, 4) is 0 Å². The van der Waals surface area contributed by atoms with Crippen LogP contribution in [0.2, 0.25) is 0 Å². The Morgan fingerprint density at radius 2 is 1.52 bits per heavy atom. The molecular weight excluding hydrogens is 412 g/mol. The molecule has 178 valence electrons. The van der Waals surface area contributed by atoms with Gasteiger partial charge in [0.05, 0.1) is 12.1 Å². The van der Waals surface area contributed by atoms with Crippen LogP contribution in [0.4, 0.5) is 0 Å². The van der Waals surface area contributed by atoms with Gasteiger partial charge < -0.3 is 43.4 Å². The number of nitrogens with one attached hydrogen (secondary N) is 3. The van der Waals surface area contributed by atoms with Crippen LogP contribution in [0.3, 0.4) is 0 Å². The van der Waals surface area contributed by atoms with Gasteiger partial charge in [-0.3, -0.25) is 19.2 Å². The molecule has 5 unspecified atom stereocenters. The first-order valence-corrected chi connectivity index (χ1v) is 9.96. The molecule has 0 aliphatic heterocycles. The number of nitrogens with two attached hydrogens (primary N) is 3. The second kappa shape index (κ2) is 14.3. The molecule has 13 heteroatoms. The van der Waals surface area contributed by atoms with E-state index in [0.29, 0.717) is 19.4 Å². The molecule has 0 aliphatic carbocycles. The number of rotatable bonds is 15. The van der Waals surface area contributed by atoms with Crippen LogP contribution in [-0.2, 0) is 24.0 Å². The highest BCUT2D eigenvalue weighted by molar-refractivity contribution is 5.94. The molecule has 0 aromatic heterocycles. The highest BCUT2D eigenvalue weighted by Crippen LogP contribution is 2.04. The molecule has 0 aliphatic rings. The molecule has 5 atom stereocenters. The number of carbonyl (C=O) groups excluding carboxylic acids is 4. The van der Waals surface area contributed by atoms with E-state index in [1.807, 2.05) is 0 Å². The maximum Gasteiger partial charge on any atom is 0.328 e. The van der Waals surface area contributed by atoms with E-state index in [0.717, 1.165) is 0 Å². The lowest BCUT2D eigenvalue weighted by Crippen LogP contribution is -2.57. The van der Waals surface area contributed by atoms with Gasteiger partial charge in [-0.1, -0.05) is 0 Å². The van der Waals surface area contributed by atoms with E-state index in [4.69, 9.17) is 22.3 Å². The van der Waals surface area contributed by atoms with Crippen molar-refractivity contribution in [2.45, 2.75) is 76.2 Å². The monoisotopic (exact) mass is 446 g/mol. The Labute approximate surface area is 180 Å². The number of carboxylic acid groups (broad SMARTS) is 1. The summed E-state index contributed by atoms with van der Waals surface area (Å²) in [6.07, 6.45) is -0.233. The molecule has 31 heavy (non-hydrogen) atoms. The lowest BCUT2D eigenvalue weighted by molar-refractivity contribution is -0.145. The Morgan fingerprint density at radius 1 is 0.903 bits per heavy atom. The minimum absolute atomic E-state index is 0.00947. The number of aliphatic hydroxyl groups is 1. The SMILES string of the molecule is CC(NC(=O)C(N)CCC(N)=O)C(=O)NC(CCCCN)C(=O)NC(C(=O)O)C(C)O. The molecule has 4 amide bonds. The normalized spacial score (nSPS) is 15.6. The molecule has 0 aromatic rings. The molecule has 0 radical (unpaired) electrons. The van der Waals surface area contributed by atoms with E-state index in [9.17, 15) is 29.1 Å². The van der Waals surface area contributed by atoms with Crippen LogP contribution in [0.5, 0.6) is 0 Å². The van der Waals surface area contributed by atoms with E-state index >= 15 is 0 Å². The maximum atomic E-state index is 12.5. The number of hydrogen-bond donors (Lipinski definition) is 8. The number of hydrogen-bond acceptors (Lipinski definition) is 8. The summed E-state index contributed by atoms with van der Waals surface area (Å²) in [5.74, 6) is -4.21. The van der Waals surface area contributed by atoms with Crippen molar-refractivity contribution in [3.63, 3.8) is 0 Å². The molecule has 0 rings (SSSR count). The van der Waals surface area contributed by atoms with Crippen molar-refractivity contribution in [3.05, 3.63) is 0 Å². The second-order valence-electron chi connectivity index (χ2n) is 7.25. The van der Waals surface area contributed by atoms with Gasteiger partial charge in [-0.05, 0) is 46.1 Å². The van der Waals surface area contributed by atoms with Crippen molar-refractivity contribution in [1.82, 2.24) is 16.0 Å². The molecule has 0 bridgehead atoms. The number of carboxylic acids is 1. The van der Waals surface area contributed by atoms with Crippen molar-refractivity contribution in [1.29, 1.82) is 0 Å². The third-order valence-corrected chi connectivity index (χ3v) is 4.42. The summed E-state index contributed by atoms with van der Waals surface area (Å²) in [6.45, 7) is 2.95. The average molecular weight is 447 g/mol. The number of aliphatic hydroxyl groups excluding tert-OH is 1.